The molecule has 5 aliphatic rings. The number of hydrogen-bond donors (Lipinski definition) is 0. The van der Waals surface area contributed by atoms with Crippen LogP contribution in [0.15, 0.2) is 23.8 Å². The number of carbonyl (C=O) groups is 2. The van der Waals surface area contributed by atoms with E-state index in [0.29, 0.717) is 18.3 Å². The molecule has 0 amide bonds. The molecule has 37 heavy (non-hydrogen) atoms. The molecule has 8 atom stereocenters. The Bertz CT molecular complexity index is 1040. The molecule has 3 nitrogen and oxygen atoms in total. The Balaban J connectivity index is 1.54. The van der Waals surface area contributed by atoms with Crippen molar-refractivity contribution in [2.45, 2.75) is 120 Å². The second-order valence-corrected chi connectivity index (χ2v) is 15.7. The first kappa shape index (κ1) is 27.2. The van der Waals surface area contributed by atoms with Crippen molar-refractivity contribution in [3.05, 3.63) is 23.8 Å². The monoisotopic (exact) mass is 508 g/mol. The lowest BCUT2D eigenvalue weighted by Gasteiger charge is -2.69. The second-order valence-electron chi connectivity index (χ2n) is 15.7. The molecule has 3 fully saturated rings. The summed E-state index contributed by atoms with van der Waals surface area (Å²) in [6.45, 7) is 19.4. The fourth-order valence-electron chi connectivity index (χ4n) is 10.5. The van der Waals surface area contributed by atoms with Crippen molar-refractivity contribution in [2.24, 2.45) is 50.2 Å². The minimum Gasteiger partial charge on any atom is -0.465 e. The van der Waals surface area contributed by atoms with Gasteiger partial charge in [0.05, 0.1) is 12.0 Å². The fourth-order valence-corrected chi connectivity index (χ4v) is 10.5. The molecule has 0 aliphatic heterocycles. The maximum atomic E-state index is 14.4. The smallest absolute Gasteiger partial charge is 0.311 e. The van der Waals surface area contributed by atoms with Gasteiger partial charge >= 0.3 is 5.97 Å². The van der Waals surface area contributed by atoms with E-state index < -0.39 is 5.41 Å². The average Bonchev–Trinajstić information content (AvgIpc) is 2.81. The Morgan fingerprint density at radius 3 is 2.41 bits per heavy atom. The van der Waals surface area contributed by atoms with Crippen LogP contribution in [0, 0.1) is 50.2 Å². The number of ether oxygens (including phenoxy) is 1. The van der Waals surface area contributed by atoms with E-state index in [0.717, 1.165) is 51.4 Å². The van der Waals surface area contributed by atoms with Gasteiger partial charge in [-0.05, 0) is 110 Å². The van der Waals surface area contributed by atoms with Gasteiger partial charge in [0.15, 0.2) is 5.78 Å². The van der Waals surface area contributed by atoms with Crippen molar-refractivity contribution < 1.29 is 14.3 Å². The number of rotatable bonds is 4. The van der Waals surface area contributed by atoms with E-state index in [1.54, 1.807) is 0 Å². The average molecular weight is 509 g/mol. The molecule has 0 aromatic carbocycles. The predicted molar refractivity (Wildman–Crippen MR) is 150 cm³/mol. The minimum absolute atomic E-state index is 0.000592. The molecular formula is C34H52O3. The van der Waals surface area contributed by atoms with Crippen LogP contribution >= 0.6 is 0 Å². The van der Waals surface area contributed by atoms with Gasteiger partial charge in [0, 0.05) is 5.92 Å². The Morgan fingerprint density at radius 2 is 1.70 bits per heavy atom. The standard InChI is InChI=1S/C34H52O3/c1-9-10-20-37-28(36)31(5)17-16-30(4)18-19-33(7)23(24(30)22-31)21-25(35)27-32(6)14-11-13-29(2,3)26(32)12-15-34(27,33)8/h11,13,21,24,26-27H,9-10,12,14-20,22H2,1-8H3/t24?,26?,27?,30-,31+,32+,33-,34-/m1/s1. The molecule has 0 aromatic rings. The van der Waals surface area contributed by atoms with Crippen molar-refractivity contribution in [3.8, 4) is 0 Å². The Hall–Kier alpha value is -1.38. The van der Waals surface area contributed by atoms with E-state index in [1.165, 1.54) is 18.4 Å². The van der Waals surface area contributed by atoms with E-state index >= 15 is 0 Å². The van der Waals surface area contributed by atoms with Crippen LogP contribution in [-0.4, -0.2) is 18.4 Å². The van der Waals surface area contributed by atoms with Crippen molar-refractivity contribution in [2.75, 3.05) is 6.61 Å². The van der Waals surface area contributed by atoms with Crippen LogP contribution < -0.4 is 0 Å². The van der Waals surface area contributed by atoms with E-state index in [4.69, 9.17) is 4.74 Å². The molecule has 206 valence electrons. The Labute approximate surface area is 226 Å². The van der Waals surface area contributed by atoms with Gasteiger partial charge in [-0.2, -0.15) is 0 Å². The molecule has 3 unspecified atom stereocenters. The molecular weight excluding hydrogens is 456 g/mol. The second kappa shape index (κ2) is 8.56. The molecule has 3 heteroatoms. The first-order valence-corrected chi connectivity index (χ1v) is 15.3. The molecule has 0 radical (unpaired) electrons. The highest BCUT2D eigenvalue weighted by atomic mass is 16.5. The third kappa shape index (κ3) is 3.71. The number of fused-ring (bicyclic) bond motifs is 7. The fraction of sp³-hybridized carbons (Fsp3) is 0.824. The molecule has 3 saturated carbocycles. The highest BCUT2D eigenvalue weighted by molar-refractivity contribution is 5.95. The lowest BCUT2D eigenvalue weighted by Crippen LogP contribution is -2.65. The van der Waals surface area contributed by atoms with Crippen LogP contribution in [-0.2, 0) is 14.3 Å². The molecule has 0 N–H and O–H groups in total. The number of allylic oxidation sites excluding steroid dienone is 4. The largest absolute Gasteiger partial charge is 0.465 e. The third-order valence-corrected chi connectivity index (χ3v) is 13.1. The van der Waals surface area contributed by atoms with Gasteiger partial charge in [-0.1, -0.05) is 72.6 Å². The number of esters is 1. The highest BCUT2D eigenvalue weighted by Crippen LogP contribution is 2.74. The third-order valence-electron chi connectivity index (χ3n) is 13.1. The summed E-state index contributed by atoms with van der Waals surface area (Å²) >= 11 is 0. The van der Waals surface area contributed by atoms with Gasteiger partial charge < -0.3 is 4.74 Å². The van der Waals surface area contributed by atoms with Gasteiger partial charge in [-0.15, -0.1) is 0 Å². The summed E-state index contributed by atoms with van der Waals surface area (Å²) < 4.78 is 5.79. The van der Waals surface area contributed by atoms with E-state index in [2.05, 4.69) is 73.6 Å². The zero-order chi connectivity index (χ0) is 27.1. The minimum atomic E-state index is -0.459. The molecule has 0 bridgehead atoms. The molecule has 5 rings (SSSR count). The maximum absolute atomic E-state index is 14.4. The Morgan fingerprint density at radius 1 is 1.00 bits per heavy atom. The van der Waals surface area contributed by atoms with Gasteiger partial charge in [0.25, 0.3) is 0 Å². The zero-order valence-corrected chi connectivity index (χ0v) is 25.0. The molecule has 0 heterocycles. The SMILES string of the molecule is CCCCOC(=O)[C@@]1(C)CC[C@]2(C)CC[C@]3(C)C(=CC(=O)C4[C@@]5(C)CC=CC(C)(C)C5CC[C@]43C)C2C1. The summed E-state index contributed by atoms with van der Waals surface area (Å²) in [5.41, 5.74) is 1.17. The number of carbonyl (C=O) groups excluding carboxylic acids is 2. The van der Waals surface area contributed by atoms with Crippen LogP contribution in [0.4, 0.5) is 0 Å². The lowest BCUT2D eigenvalue weighted by atomic mass is 9.34. The predicted octanol–water partition coefficient (Wildman–Crippen LogP) is 8.48. The Kier molecular flexibility index (Phi) is 6.29. The van der Waals surface area contributed by atoms with E-state index in [9.17, 15) is 9.59 Å². The number of unbranched alkanes of at least 4 members (excludes halogenated alkanes) is 1. The molecule has 0 saturated heterocycles. The van der Waals surface area contributed by atoms with E-state index in [-0.39, 0.29) is 44.9 Å². The summed E-state index contributed by atoms with van der Waals surface area (Å²) in [7, 11) is 0. The summed E-state index contributed by atoms with van der Waals surface area (Å²) in [4.78, 5) is 27.7. The molecule has 0 aromatic heterocycles. The van der Waals surface area contributed by atoms with E-state index in [1.807, 2.05) is 0 Å². The maximum Gasteiger partial charge on any atom is 0.311 e. The number of ketones is 1. The quantitative estimate of drug-likeness (QED) is 0.217. The highest BCUT2D eigenvalue weighted by Gasteiger charge is 2.69. The summed E-state index contributed by atoms with van der Waals surface area (Å²) in [6.07, 6.45) is 17.3. The molecule has 5 aliphatic carbocycles. The van der Waals surface area contributed by atoms with Crippen molar-refractivity contribution in [3.63, 3.8) is 0 Å². The summed E-state index contributed by atoms with van der Waals surface area (Å²) in [5, 5.41) is 0. The van der Waals surface area contributed by atoms with Crippen molar-refractivity contribution >= 4 is 11.8 Å². The van der Waals surface area contributed by atoms with Gasteiger partial charge in [0.2, 0.25) is 0 Å². The van der Waals surface area contributed by atoms with Gasteiger partial charge in [0.1, 0.15) is 0 Å². The topological polar surface area (TPSA) is 43.4 Å². The van der Waals surface area contributed by atoms with Gasteiger partial charge in [-0.25, -0.2) is 0 Å². The summed E-state index contributed by atoms with van der Waals surface area (Å²) in [6, 6.07) is 0. The van der Waals surface area contributed by atoms with Gasteiger partial charge in [-0.3, -0.25) is 9.59 Å². The van der Waals surface area contributed by atoms with Crippen LogP contribution in [0.25, 0.3) is 0 Å². The van der Waals surface area contributed by atoms with Crippen LogP contribution in [0.1, 0.15) is 120 Å². The number of hydrogen-bond acceptors (Lipinski definition) is 3. The first-order chi connectivity index (χ1) is 17.2. The van der Waals surface area contributed by atoms with Crippen LogP contribution in [0.3, 0.4) is 0 Å². The molecule has 0 spiro atoms. The van der Waals surface area contributed by atoms with Crippen molar-refractivity contribution in [1.82, 2.24) is 0 Å². The van der Waals surface area contributed by atoms with Crippen LogP contribution in [0.5, 0.6) is 0 Å². The summed E-state index contributed by atoms with van der Waals surface area (Å²) in [5.74, 6) is 1.23. The lowest BCUT2D eigenvalue weighted by molar-refractivity contribution is -0.175. The normalized spacial score (nSPS) is 48.2. The first-order valence-electron chi connectivity index (χ1n) is 15.3. The van der Waals surface area contributed by atoms with Crippen molar-refractivity contribution in [1.29, 1.82) is 0 Å². The zero-order valence-electron chi connectivity index (χ0n) is 25.0. The van der Waals surface area contributed by atoms with Crippen LogP contribution in [0.2, 0.25) is 0 Å².